The van der Waals surface area contributed by atoms with Crippen molar-refractivity contribution in [1.82, 2.24) is 0 Å². The van der Waals surface area contributed by atoms with Gasteiger partial charge in [-0.3, -0.25) is 10.1 Å². The molecular weight excluding hydrogens is 322 g/mol. The summed E-state index contributed by atoms with van der Waals surface area (Å²) in [5.41, 5.74) is 1.01. The fraction of sp³-hybridized carbons (Fsp3) is 0.444. The summed E-state index contributed by atoms with van der Waals surface area (Å²) in [5, 5.41) is 20.3. The molecule has 1 aliphatic heterocycles. The van der Waals surface area contributed by atoms with E-state index in [1.807, 2.05) is 6.07 Å². The van der Waals surface area contributed by atoms with Gasteiger partial charge in [-0.15, -0.1) is 0 Å². The topological polar surface area (TPSA) is 96.5 Å². The van der Waals surface area contributed by atoms with Gasteiger partial charge in [0.05, 0.1) is 11.5 Å². The van der Waals surface area contributed by atoms with E-state index in [1.165, 1.54) is 18.2 Å². The first kappa shape index (κ1) is 18.5. The number of piperidine rings is 1. The molecule has 7 heteroatoms. The lowest BCUT2D eigenvalue weighted by atomic mass is 9.97. The number of hydrogen-bond acceptors (Lipinski definition) is 6. The maximum absolute atomic E-state index is 11.9. The van der Waals surface area contributed by atoms with E-state index < -0.39 is 10.9 Å². The van der Waals surface area contributed by atoms with Crippen molar-refractivity contribution in [3.63, 3.8) is 0 Å². The van der Waals surface area contributed by atoms with Gasteiger partial charge in [-0.25, -0.2) is 4.79 Å². The number of hydrogen-bond donors (Lipinski definition) is 0. The lowest BCUT2D eigenvalue weighted by Crippen LogP contribution is -2.33. The molecule has 1 saturated heterocycles. The standard InChI is InChI=1S/C18H21N3O4/c1-3-25-18(22)15(12-19)10-14-11-16(21(23)24)4-5-17(14)20-8-6-13(2)7-9-20/h4-5,10-11,13H,3,6-9H2,1-2H3/b15-10+. The average Bonchev–Trinajstić information content (AvgIpc) is 2.60. The van der Waals surface area contributed by atoms with Crippen molar-refractivity contribution in [1.29, 1.82) is 5.26 Å². The first-order valence-electron chi connectivity index (χ1n) is 8.28. The number of nitro benzene ring substituents is 1. The van der Waals surface area contributed by atoms with Crippen LogP contribution in [0.4, 0.5) is 11.4 Å². The summed E-state index contributed by atoms with van der Waals surface area (Å²) in [7, 11) is 0. The largest absolute Gasteiger partial charge is 0.462 e. The molecule has 0 aromatic heterocycles. The van der Waals surface area contributed by atoms with Crippen molar-refractivity contribution >= 4 is 23.4 Å². The minimum atomic E-state index is -0.727. The summed E-state index contributed by atoms with van der Waals surface area (Å²) in [5.74, 6) is -0.0859. The van der Waals surface area contributed by atoms with Crippen molar-refractivity contribution < 1.29 is 14.5 Å². The van der Waals surface area contributed by atoms with Gasteiger partial charge in [0.2, 0.25) is 0 Å². The number of nitriles is 1. The van der Waals surface area contributed by atoms with Crippen LogP contribution in [0.25, 0.3) is 6.08 Å². The fourth-order valence-corrected chi connectivity index (χ4v) is 2.81. The molecule has 0 spiro atoms. The van der Waals surface area contributed by atoms with E-state index in [1.54, 1.807) is 13.0 Å². The van der Waals surface area contributed by atoms with Gasteiger partial charge in [-0.2, -0.15) is 5.26 Å². The summed E-state index contributed by atoms with van der Waals surface area (Å²) in [6.45, 7) is 5.68. The Bertz CT molecular complexity index is 728. The molecule has 0 N–H and O–H groups in total. The Balaban J connectivity index is 2.45. The highest BCUT2D eigenvalue weighted by Gasteiger charge is 2.21. The highest BCUT2D eigenvalue weighted by Crippen LogP contribution is 2.30. The van der Waals surface area contributed by atoms with E-state index >= 15 is 0 Å². The molecule has 0 atom stereocenters. The van der Waals surface area contributed by atoms with Crippen LogP contribution in [0.15, 0.2) is 23.8 Å². The van der Waals surface area contributed by atoms with E-state index in [4.69, 9.17) is 4.74 Å². The zero-order valence-corrected chi connectivity index (χ0v) is 14.4. The predicted molar refractivity (Wildman–Crippen MR) is 93.9 cm³/mol. The highest BCUT2D eigenvalue weighted by atomic mass is 16.6. The lowest BCUT2D eigenvalue weighted by molar-refractivity contribution is -0.384. The monoisotopic (exact) mass is 343 g/mol. The third-order valence-corrected chi connectivity index (χ3v) is 4.26. The van der Waals surface area contributed by atoms with Crippen LogP contribution in [-0.2, 0) is 9.53 Å². The van der Waals surface area contributed by atoms with Gasteiger partial charge in [0.25, 0.3) is 5.69 Å². The second-order valence-corrected chi connectivity index (χ2v) is 6.06. The Morgan fingerprint density at radius 3 is 2.72 bits per heavy atom. The summed E-state index contributed by atoms with van der Waals surface area (Å²) in [4.78, 5) is 24.6. The first-order valence-corrected chi connectivity index (χ1v) is 8.28. The third-order valence-electron chi connectivity index (χ3n) is 4.26. The molecular formula is C18H21N3O4. The normalized spacial score (nSPS) is 15.6. The Labute approximate surface area is 146 Å². The van der Waals surface area contributed by atoms with Crippen LogP contribution in [0, 0.1) is 27.4 Å². The van der Waals surface area contributed by atoms with Gasteiger partial charge in [-0.1, -0.05) is 6.92 Å². The maximum Gasteiger partial charge on any atom is 0.348 e. The number of carbonyl (C=O) groups is 1. The molecule has 25 heavy (non-hydrogen) atoms. The van der Waals surface area contributed by atoms with Crippen LogP contribution >= 0.6 is 0 Å². The van der Waals surface area contributed by atoms with Gasteiger partial charge in [0.1, 0.15) is 11.6 Å². The molecule has 2 rings (SSSR count). The summed E-state index contributed by atoms with van der Waals surface area (Å²) in [6.07, 6.45) is 3.44. The zero-order valence-electron chi connectivity index (χ0n) is 14.4. The fourth-order valence-electron chi connectivity index (χ4n) is 2.81. The quantitative estimate of drug-likeness (QED) is 0.267. The van der Waals surface area contributed by atoms with E-state index in [-0.39, 0.29) is 17.9 Å². The minimum Gasteiger partial charge on any atom is -0.462 e. The maximum atomic E-state index is 11.9. The molecule has 1 aliphatic rings. The van der Waals surface area contributed by atoms with Gasteiger partial charge in [-0.05, 0) is 37.8 Å². The molecule has 0 bridgehead atoms. The Morgan fingerprint density at radius 2 is 2.16 bits per heavy atom. The molecule has 1 fully saturated rings. The number of ether oxygens (including phenoxy) is 1. The summed E-state index contributed by atoms with van der Waals surface area (Å²) < 4.78 is 4.87. The predicted octanol–water partition coefficient (Wildman–Crippen LogP) is 3.30. The smallest absolute Gasteiger partial charge is 0.348 e. The number of nitro groups is 1. The summed E-state index contributed by atoms with van der Waals surface area (Å²) >= 11 is 0. The number of nitrogens with zero attached hydrogens (tertiary/aromatic N) is 3. The zero-order chi connectivity index (χ0) is 18.4. The number of carbonyl (C=O) groups excluding carboxylic acids is 1. The van der Waals surface area contributed by atoms with Crippen molar-refractivity contribution in [2.75, 3.05) is 24.6 Å². The van der Waals surface area contributed by atoms with E-state index in [9.17, 15) is 20.2 Å². The van der Waals surface area contributed by atoms with Crippen LogP contribution in [0.1, 0.15) is 32.3 Å². The van der Waals surface area contributed by atoms with Gasteiger partial charge in [0.15, 0.2) is 0 Å². The molecule has 132 valence electrons. The Kier molecular flexibility index (Phi) is 6.12. The minimum absolute atomic E-state index is 0.0819. The number of anilines is 1. The van der Waals surface area contributed by atoms with Gasteiger partial charge in [0, 0.05) is 36.5 Å². The van der Waals surface area contributed by atoms with E-state index in [2.05, 4.69) is 11.8 Å². The molecule has 1 heterocycles. The highest BCUT2D eigenvalue weighted by molar-refractivity contribution is 5.99. The van der Waals surface area contributed by atoms with Crippen LogP contribution in [-0.4, -0.2) is 30.6 Å². The molecule has 0 amide bonds. The van der Waals surface area contributed by atoms with Crippen molar-refractivity contribution in [2.45, 2.75) is 26.7 Å². The van der Waals surface area contributed by atoms with Crippen molar-refractivity contribution in [3.05, 3.63) is 39.4 Å². The number of esters is 1. The number of rotatable bonds is 5. The Morgan fingerprint density at radius 1 is 1.48 bits per heavy atom. The van der Waals surface area contributed by atoms with E-state index in [0.717, 1.165) is 31.6 Å². The van der Waals surface area contributed by atoms with Crippen LogP contribution < -0.4 is 4.90 Å². The van der Waals surface area contributed by atoms with Crippen LogP contribution in [0.3, 0.4) is 0 Å². The third kappa shape index (κ3) is 4.57. The Hall–Kier alpha value is -2.88. The SMILES string of the molecule is CCOC(=O)/C(C#N)=C/c1cc([N+](=O)[O-])ccc1N1CCC(C)CC1. The number of benzene rings is 1. The second kappa shape index (κ2) is 8.29. The van der Waals surface area contributed by atoms with Crippen LogP contribution in [0.5, 0.6) is 0 Å². The second-order valence-electron chi connectivity index (χ2n) is 6.06. The van der Waals surface area contributed by atoms with Crippen molar-refractivity contribution in [2.24, 2.45) is 5.92 Å². The first-order chi connectivity index (χ1) is 12.0. The average molecular weight is 343 g/mol. The molecule has 0 aliphatic carbocycles. The number of non-ortho nitro benzene ring substituents is 1. The van der Waals surface area contributed by atoms with Crippen LogP contribution in [0.2, 0.25) is 0 Å². The molecule has 1 aromatic carbocycles. The van der Waals surface area contributed by atoms with Crippen molar-refractivity contribution in [3.8, 4) is 6.07 Å². The molecule has 0 saturated carbocycles. The molecule has 0 unspecified atom stereocenters. The molecule has 7 nitrogen and oxygen atoms in total. The summed E-state index contributed by atoms with van der Waals surface area (Å²) in [6, 6.07) is 6.34. The molecule has 0 radical (unpaired) electrons. The van der Waals surface area contributed by atoms with Gasteiger partial charge >= 0.3 is 5.97 Å². The lowest BCUT2D eigenvalue weighted by Gasteiger charge is -2.33. The van der Waals surface area contributed by atoms with Gasteiger partial charge < -0.3 is 9.64 Å². The molecule has 1 aromatic rings. The van der Waals surface area contributed by atoms with E-state index in [0.29, 0.717) is 11.5 Å².